The highest BCUT2D eigenvalue weighted by Crippen LogP contribution is 2.18. The number of halogens is 1. The highest BCUT2D eigenvalue weighted by molar-refractivity contribution is 7.54. The van der Waals surface area contributed by atoms with Crippen LogP contribution in [0.4, 0.5) is 5.69 Å². The molecule has 1 aromatic carbocycles. The molecule has 1 aromatic rings. The van der Waals surface area contributed by atoms with E-state index in [1.807, 2.05) is 0 Å². The maximum absolute atomic E-state index is 10.8. The number of hydrogen-bond acceptors (Lipinski definition) is 3. The normalized spacial score (nSPS) is 9.38. The van der Waals surface area contributed by atoms with E-state index >= 15 is 0 Å². The number of carbonyl (C=O) groups is 1. The van der Waals surface area contributed by atoms with Crippen molar-refractivity contribution in [1.29, 1.82) is 0 Å². The Morgan fingerprint density at radius 3 is 2.69 bits per heavy atom. The Morgan fingerprint density at radius 1 is 1.54 bits per heavy atom. The molecule has 0 bridgehead atoms. The van der Waals surface area contributed by atoms with E-state index in [1.165, 1.54) is 0 Å². The summed E-state index contributed by atoms with van der Waals surface area (Å²) in [7, 11) is 0. The number of hydrogen-bond donors (Lipinski definition) is 0. The van der Waals surface area contributed by atoms with E-state index in [2.05, 4.69) is 4.36 Å². The van der Waals surface area contributed by atoms with Crippen LogP contribution in [0, 0.1) is 6.92 Å². The van der Waals surface area contributed by atoms with Crippen molar-refractivity contribution in [3.63, 3.8) is 0 Å². The molecule has 5 heteroatoms. The summed E-state index contributed by atoms with van der Waals surface area (Å²) in [5.41, 5.74) is 1.70. The fourth-order valence-electron chi connectivity index (χ4n) is 0.968. The van der Waals surface area contributed by atoms with Gasteiger partial charge in [-0.05, 0) is 42.3 Å². The van der Waals surface area contributed by atoms with Crippen LogP contribution in [0.3, 0.4) is 0 Å². The fraction of sp³-hybridized carbons (Fsp3) is 0.125. The van der Waals surface area contributed by atoms with Gasteiger partial charge in [0.05, 0.1) is 5.69 Å². The van der Waals surface area contributed by atoms with Gasteiger partial charge in [0.15, 0.2) is 0 Å². The van der Waals surface area contributed by atoms with Crippen LogP contribution in [0.1, 0.15) is 15.9 Å². The molecule has 0 spiro atoms. The number of carbonyl (C=O) groups excluding carboxylic acids is 1. The maximum Gasteiger partial charge on any atom is 0.252 e. The predicted octanol–water partition coefficient (Wildman–Crippen LogP) is 2.40. The van der Waals surface area contributed by atoms with Gasteiger partial charge < -0.3 is 0 Å². The zero-order valence-corrected chi connectivity index (χ0v) is 8.35. The number of aryl methyl sites for hydroxylation is 1. The molecule has 3 nitrogen and oxygen atoms in total. The summed E-state index contributed by atoms with van der Waals surface area (Å²) >= 11 is 5.44. The van der Waals surface area contributed by atoms with Gasteiger partial charge in [-0.1, -0.05) is 0 Å². The molecule has 0 radical (unpaired) electrons. The molecule has 0 heterocycles. The summed E-state index contributed by atoms with van der Waals surface area (Å²) in [6, 6.07) is 4.77. The van der Waals surface area contributed by atoms with Crippen LogP contribution in [0.2, 0.25) is 0 Å². The predicted molar refractivity (Wildman–Crippen MR) is 51.6 cm³/mol. The Balaban J connectivity index is 3.19. The number of rotatable bonds is 2. The zero-order chi connectivity index (χ0) is 9.84. The largest absolute Gasteiger partial charge is 0.276 e. The van der Waals surface area contributed by atoms with Crippen LogP contribution in [-0.4, -0.2) is 9.45 Å². The molecule has 0 saturated carbocycles. The standard InChI is InChI=1S/C8H6ClNO2S/c1-5-4-6(10-13-12)2-3-7(5)8(9)11/h2-4H,1H3. The Hall–Kier alpha value is -1.00. The molecule has 0 aliphatic rings. The lowest BCUT2D eigenvalue weighted by Crippen LogP contribution is -1.91. The minimum absolute atomic E-state index is 0.135. The van der Waals surface area contributed by atoms with Crippen LogP contribution < -0.4 is 0 Å². The van der Waals surface area contributed by atoms with E-state index in [-0.39, 0.29) is 11.5 Å². The van der Waals surface area contributed by atoms with E-state index in [1.54, 1.807) is 25.1 Å². The summed E-state index contributed by atoms with van der Waals surface area (Å²) in [5, 5.41) is -0.501. The van der Waals surface area contributed by atoms with Gasteiger partial charge in [0, 0.05) is 5.56 Å². The van der Waals surface area contributed by atoms with Crippen molar-refractivity contribution < 1.29 is 9.00 Å². The zero-order valence-electron chi connectivity index (χ0n) is 6.78. The molecule has 13 heavy (non-hydrogen) atoms. The second kappa shape index (κ2) is 4.30. The third-order valence-electron chi connectivity index (χ3n) is 1.56. The molecule has 0 saturated heterocycles. The highest BCUT2D eigenvalue weighted by Gasteiger charge is 2.05. The van der Waals surface area contributed by atoms with Gasteiger partial charge in [0.2, 0.25) is 11.5 Å². The van der Waals surface area contributed by atoms with E-state index in [0.29, 0.717) is 11.3 Å². The third kappa shape index (κ3) is 2.47. The Labute approximate surface area is 84.0 Å². The monoisotopic (exact) mass is 215 g/mol. The van der Waals surface area contributed by atoms with Gasteiger partial charge in [-0.25, -0.2) is 0 Å². The first-order chi connectivity index (χ1) is 6.15. The topological polar surface area (TPSA) is 46.5 Å². The lowest BCUT2D eigenvalue weighted by molar-refractivity contribution is 0.108. The lowest BCUT2D eigenvalue weighted by atomic mass is 10.1. The van der Waals surface area contributed by atoms with Crippen molar-refractivity contribution in [3.8, 4) is 0 Å². The van der Waals surface area contributed by atoms with Gasteiger partial charge in [-0.15, -0.1) is 0 Å². The molecule has 0 unspecified atom stereocenters. The minimum Gasteiger partial charge on any atom is -0.276 e. The second-order valence-electron chi connectivity index (χ2n) is 2.44. The van der Waals surface area contributed by atoms with Gasteiger partial charge in [0.1, 0.15) is 0 Å². The van der Waals surface area contributed by atoms with Crippen molar-refractivity contribution in [2.45, 2.75) is 6.92 Å². The summed E-state index contributed by atoms with van der Waals surface area (Å²) in [5.74, 6) is 0. The van der Waals surface area contributed by atoms with Gasteiger partial charge >= 0.3 is 0 Å². The van der Waals surface area contributed by atoms with Gasteiger partial charge in [-0.3, -0.25) is 4.79 Å². The first kappa shape index (κ1) is 10.1. The summed E-state index contributed by atoms with van der Waals surface area (Å²) in [6.07, 6.45) is 0. The molecule has 0 atom stereocenters. The van der Waals surface area contributed by atoms with E-state index in [4.69, 9.17) is 11.6 Å². The number of benzene rings is 1. The van der Waals surface area contributed by atoms with Crippen LogP contribution in [0.25, 0.3) is 0 Å². The maximum atomic E-state index is 10.8. The van der Waals surface area contributed by atoms with Crippen LogP contribution >= 0.6 is 11.6 Å². The average Bonchev–Trinajstić information content (AvgIpc) is 2.04. The molecule has 0 aliphatic heterocycles. The molecule has 0 aromatic heterocycles. The molecule has 1 rings (SSSR count). The molecular weight excluding hydrogens is 210 g/mol. The molecule has 0 aliphatic carbocycles. The third-order valence-corrected chi connectivity index (χ3v) is 2.05. The van der Waals surface area contributed by atoms with Crippen LogP contribution in [0.5, 0.6) is 0 Å². The van der Waals surface area contributed by atoms with Crippen LogP contribution in [0.15, 0.2) is 22.6 Å². The first-order valence-corrected chi connectivity index (χ1v) is 4.53. The molecule has 0 N–H and O–H groups in total. The second-order valence-corrected chi connectivity index (χ2v) is 3.11. The van der Waals surface area contributed by atoms with Crippen molar-refractivity contribution in [3.05, 3.63) is 29.3 Å². The van der Waals surface area contributed by atoms with Crippen molar-refractivity contribution >= 4 is 34.0 Å². The van der Waals surface area contributed by atoms with Crippen LogP contribution in [-0.2, 0) is 11.5 Å². The summed E-state index contributed by atoms with van der Waals surface area (Å²) in [6.45, 7) is 1.74. The van der Waals surface area contributed by atoms with Crippen molar-refractivity contribution in [2.24, 2.45) is 4.36 Å². The van der Waals surface area contributed by atoms with Crippen molar-refractivity contribution in [1.82, 2.24) is 0 Å². The van der Waals surface area contributed by atoms with E-state index < -0.39 is 5.24 Å². The van der Waals surface area contributed by atoms with E-state index in [9.17, 15) is 9.00 Å². The first-order valence-electron chi connectivity index (χ1n) is 3.45. The smallest absolute Gasteiger partial charge is 0.252 e. The SMILES string of the molecule is Cc1cc(N=S=O)ccc1C(=O)Cl. The minimum atomic E-state index is -0.501. The molecule has 0 amide bonds. The summed E-state index contributed by atoms with van der Waals surface area (Å²) < 4.78 is 13.7. The Kier molecular flexibility index (Phi) is 3.33. The number of nitrogens with zero attached hydrogens (tertiary/aromatic N) is 1. The molecular formula is C8H6ClNO2S. The van der Waals surface area contributed by atoms with Gasteiger partial charge in [-0.2, -0.15) is 8.57 Å². The Morgan fingerprint density at radius 2 is 2.23 bits per heavy atom. The lowest BCUT2D eigenvalue weighted by Gasteiger charge is -1.99. The highest BCUT2D eigenvalue weighted by atomic mass is 35.5. The van der Waals surface area contributed by atoms with Crippen molar-refractivity contribution in [2.75, 3.05) is 0 Å². The van der Waals surface area contributed by atoms with E-state index in [0.717, 1.165) is 5.56 Å². The molecule has 68 valence electrons. The average molecular weight is 216 g/mol. The fourth-order valence-corrected chi connectivity index (χ4v) is 1.38. The Bertz CT molecular complexity index is 399. The van der Waals surface area contributed by atoms with Gasteiger partial charge in [0.25, 0.3) is 5.24 Å². The molecule has 0 fully saturated rings. The quantitative estimate of drug-likeness (QED) is 0.712. The summed E-state index contributed by atoms with van der Waals surface area (Å²) in [4.78, 5) is 10.8.